The van der Waals surface area contributed by atoms with E-state index in [0.29, 0.717) is 31.3 Å². The number of nitrogens with one attached hydrogen (secondary N) is 1. The first-order chi connectivity index (χ1) is 15.2. The highest BCUT2D eigenvalue weighted by atomic mass is 16.7. The maximum absolute atomic E-state index is 12.7. The number of rotatable bonds is 6. The highest BCUT2D eigenvalue weighted by molar-refractivity contribution is 5.79. The second-order valence-corrected chi connectivity index (χ2v) is 7.86. The maximum atomic E-state index is 12.7. The van der Waals surface area contributed by atoms with Crippen molar-refractivity contribution in [1.82, 2.24) is 20.4 Å². The van der Waals surface area contributed by atoms with Gasteiger partial charge in [0.2, 0.25) is 24.4 Å². The summed E-state index contributed by atoms with van der Waals surface area (Å²) in [5.41, 5.74) is 1.92. The number of hydrogen-bond acceptors (Lipinski definition) is 7. The van der Waals surface area contributed by atoms with E-state index in [-0.39, 0.29) is 18.6 Å². The molecular formula is C23H24N4O4. The molecule has 1 aromatic heterocycles. The summed E-state index contributed by atoms with van der Waals surface area (Å²) in [5, 5.41) is 7.14. The van der Waals surface area contributed by atoms with E-state index in [1.165, 1.54) is 0 Å². The van der Waals surface area contributed by atoms with E-state index in [9.17, 15) is 4.79 Å². The molecule has 3 aromatic rings. The molecule has 0 radical (unpaired) electrons. The summed E-state index contributed by atoms with van der Waals surface area (Å²) in [7, 11) is 0. The third-order valence-corrected chi connectivity index (χ3v) is 5.64. The Morgan fingerprint density at radius 1 is 1.13 bits per heavy atom. The van der Waals surface area contributed by atoms with Crippen LogP contribution in [0.2, 0.25) is 0 Å². The molecule has 1 fully saturated rings. The molecule has 2 aliphatic rings. The van der Waals surface area contributed by atoms with E-state index in [4.69, 9.17) is 14.0 Å². The number of likely N-dealkylation sites (tertiary alicyclic amines) is 1. The molecule has 1 N–H and O–H groups in total. The average molecular weight is 420 g/mol. The summed E-state index contributed by atoms with van der Waals surface area (Å²) in [6, 6.07) is 15.5. The van der Waals surface area contributed by atoms with Crippen LogP contribution in [0.1, 0.15) is 24.3 Å². The molecular weight excluding hydrogens is 396 g/mol. The first kappa shape index (κ1) is 19.6. The van der Waals surface area contributed by atoms with Gasteiger partial charge in [0.05, 0.1) is 12.5 Å². The maximum Gasteiger partial charge on any atom is 0.241 e. The first-order valence-corrected chi connectivity index (χ1v) is 10.5. The van der Waals surface area contributed by atoms with Gasteiger partial charge in [0.15, 0.2) is 11.5 Å². The van der Waals surface area contributed by atoms with Crippen molar-refractivity contribution in [2.75, 3.05) is 19.9 Å². The summed E-state index contributed by atoms with van der Waals surface area (Å²) < 4.78 is 16.2. The van der Waals surface area contributed by atoms with Crippen molar-refractivity contribution in [3.63, 3.8) is 0 Å². The average Bonchev–Trinajstić information content (AvgIpc) is 3.47. The second kappa shape index (κ2) is 8.77. The molecule has 8 heteroatoms. The summed E-state index contributed by atoms with van der Waals surface area (Å²) in [6.07, 6.45) is 1.84. The third-order valence-electron chi connectivity index (χ3n) is 5.64. The number of aromatic nitrogens is 2. The van der Waals surface area contributed by atoms with E-state index >= 15 is 0 Å². The molecule has 8 nitrogen and oxygen atoms in total. The third kappa shape index (κ3) is 4.54. The number of piperidine rings is 1. The van der Waals surface area contributed by atoms with Crippen LogP contribution in [0.5, 0.6) is 11.5 Å². The Labute approximate surface area is 180 Å². The minimum absolute atomic E-state index is 0.0562. The zero-order valence-electron chi connectivity index (χ0n) is 17.1. The topological polar surface area (TPSA) is 89.7 Å². The Morgan fingerprint density at radius 2 is 2.00 bits per heavy atom. The molecule has 3 heterocycles. The van der Waals surface area contributed by atoms with Gasteiger partial charge in [0.1, 0.15) is 0 Å². The van der Waals surface area contributed by atoms with Gasteiger partial charge in [-0.15, -0.1) is 0 Å². The van der Waals surface area contributed by atoms with Gasteiger partial charge < -0.3 is 19.3 Å². The fraction of sp³-hybridized carbons (Fsp3) is 0.348. The van der Waals surface area contributed by atoms with Crippen molar-refractivity contribution >= 4 is 5.91 Å². The number of carbonyl (C=O) groups is 1. The van der Waals surface area contributed by atoms with E-state index in [0.717, 1.165) is 42.0 Å². The van der Waals surface area contributed by atoms with Crippen LogP contribution in [-0.4, -0.2) is 40.8 Å². The van der Waals surface area contributed by atoms with Crippen LogP contribution in [0.15, 0.2) is 53.1 Å². The lowest BCUT2D eigenvalue weighted by Crippen LogP contribution is -2.42. The molecule has 0 spiro atoms. The minimum atomic E-state index is -0.0562. The lowest BCUT2D eigenvalue weighted by Gasteiger charge is -2.30. The van der Waals surface area contributed by atoms with Crippen LogP contribution in [0.4, 0.5) is 0 Å². The highest BCUT2D eigenvalue weighted by Gasteiger charge is 2.27. The number of hydrogen-bond donors (Lipinski definition) is 1. The molecule has 1 unspecified atom stereocenters. The largest absolute Gasteiger partial charge is 0.454 e. The van der Waals surface area contributed by atoms with E-state index in [1.807, 2.05) is 48.5 Å². The van der Waals surface area contributed by atoms with Gasteiger partial charge in [-0.3, -0.25) is 9.69 Å². The molecule has 2 aromatic carbocycles. The monoisotopic (exact) mass is 420 g/mol. The van der Waals surface area contributed by atoms with Gasteiger partial charge in [-0.05, 0) is 37.1 Å². The van der Waals surface area contributed by atoms with Crippen LogP contribution in [0, 0.1) is 5.92 Å². The van der Waals surface area contributed by atoms with Gasteiger partial charge in [0, 0.05) is 18.7 Å². The molecule has 1 saturated heterocycles. The van der Waals surface area contributed by atoms with E-state index < -0.39 is 0 Å². The van der Waals surface area contributed by atoms with Crippen molar-refractivity contribution in [2.24, 2.45) is 5.92 Å². The van der Waals surface area contributed by atoms with Crippen molar-refractivity contribution in [3.05, 3.63) is 60.0 Å². The lowest BCUT2D eigenvalue weighted by atomic mass is 9.97. The van der Waals surface area contributed by atoms with Crippen molar-refractivity contribution in [3.8, 4) is 22.9 Å². The molecule has 1 atom stereocenters. The molecule has 0 bridgehead atoms. The highest BCUT2D eigenvalue weighted by Crippen LogP contribution is 2.32. The van der Waals surface area contributed by atoms with E-state index in [1.54, 1.807) is 0 Å². The Balaban J connectivity index is 1.15. The predicted molar refractivity (Wildman–Crippen MR) is 112 cm³/mol. The first-order valence-electron chi connectivity index (χ1n) is 10.5. The van der Waals surface area contributed by atoms with Gasteiger partial charge >= 0.3 is 0 Å². The second-order valence-electron chi connectivity index (χ2n) is 7.86. The fourth-order valence-electron chi connectivity index (χ4n) is 4.01. The Bertz CT molecular complexity index is 1050. The van der Waals surface area contributed by atoms with Gasteiger partial charge in [-0.2, -0.15) is 4.98 Å². The molecule has 0 saturated carbocycles. The van der Waals surface area contributed by atoms with Gasteiger partial charge in [0.25, 0.3) is 0 Å². The van der Waals surface area contributed by atoms with E-state index in [2.05, 4.69) is 20.4 Å². The molecule has 5 rings (SSSR count). The predicted octanol–water partition coefficient (Wildman–Crippen LogP) is 2.99. The number of nitrogens with zero attached hydrogens (tertiary/aromatic N) is 3. The van der Waals surface area contributed by atoms with Crippen molar-refractivity contribution in [2.45, 2.75) is 25.9 Å². The normalized spacial score (nSPS) is 18.1. The zero-order valence-corrected chi connectivity index (χ0v) is 17.1. The molecule has 31 heavy (non-hydrogen) atoms. The summed E-state index contributed by atoms with van der Waals surface area (Å²) in [6.45, 7) is 2.85. The van der Waals surface area contributed by atoms with Crippen LogP contribution >= 0.6 is 0 Å². The Kier molecular flexibility index (Phi) is 5.54. The van der Waals surface area contributed by atoms with Gasteiger partial charge in [-0.25, -0.2) is 0 Å². The molecule has 2 aliphatic heterocycles. The lowest BCUT2D eigenvalue weighted by molar-refractivity contribution is -0.127. The number of amides is 1. The van der Waals surface area contributed by atoms with Crippen LogP contribution < -0.4 is 14.8 Å². The zero-order chi connectivity index (χ0) is 21.0. The van der Waals surface area contributed by atoms with Crippen LogP contribution in [-0.2, 0) is 17.9 Å². The Morgan fingerprint density at radius 3 is 2.90 bits per heavy atom. The number of fused-ring (bicyclic) bond motifs is 1. The number of carbonyl (C=O) groups excluding carboxylic acids is 1. The molecule has 0 aliphatic carbocycles. The summed E-state index contributed by atoms with van der Waals surface area (Å²) in [4.78, 5) is 19.5. The van der Waals surface area contributed by atoms with Crippen LogP contribution in [0.3, 0.4) is 0 Å². The van der Waals surface area contributed by atoms with Crippen molar-refractivity contribution in [1.29, 1.82) is 0 Å². The SMILES string of the molecule is O=C(NCc1ccc2c(c1)OCO2)C1CCCN(Cc2nc(-c3ccccc3)no2)C1. The minimum Gasteiger partial charge on any atom is -0.454 e. The Hall–Kier alpha value is -3.39. The standard InChI is InChI=1S/C23H24N4O4/c28-23(24-12-16-8-9-19-20(11-16)30-15-29-19)18-7-4-10-27(13-18)14-21-25-22(26-31-21)17-5-2-1-3-6-17/h1-3,5-6,8-9,11,18H,4,7,10,12-15H2,(H,24,28). The summed E-state index contributed by atoms with van der Waals surface area (Å²) >= 11 is 0. The van der Waals surface area contributed by atoms with Crippen LogP contribution in [0.25, 0.3) is 11.4 Å². The molecule has 1 amide bonds. The molecule has 160 valence electrons. The van der Waals surface area contributed by atoms with Gasteiger partial charge in [-0.1, -0.05) is 41.6 Å². The summed E-state index contributed by atoms with van der Waals surface area (Å²) in [5.74, 6) is 2.64. The van der Waals surface area contributed by atoms with Crippen molar-refractivity contribution < 1.29 is 18.8 Å². The fourth-order valence-corrected chi connectivity index (χ4v) is 4.01. The number of ether oxygens (including phenoxy) is 2. The smallest absolute Gasteiger partial charge is 0.241 e. The quantitative estimate of drug-likeness (QED) is 0.656. The number of benzene rings is 2.